The molecule has 3 aliphatic rings. The summed E-state index contributed by atoms with van der Waals surface area (Å²) in [5, 5.41) is 14.9. The van der Waals surface area contributed by atoms with Crippen LogP contribution in [0.5, 0.6) is 0 Å². The molecule has 2 atom stereocenters. The van der Waals surface area contributed by atoms with Crippen LogP contribution in [-0.2, 0) is 12.5 Å². The monoisotopic (exact) mass is 485 g/mol. The van der Waals surface area contributed by atoms with Gasteiger partial charge in [-0.05, 0) is 31.2 Å². The lowest BCUT2D eigenvalue weighted by Gasteiger charge is -2.26. The summed E-state index contributed by atoms with van der Waals surface area (Å²) < 4.78 is 36.4. The largest absolute Gasteiger partial charge is 0.354 e. The molecule has 2 aromatic rings. The number of hydrogen-bond donors (Lipinski definition) is 1. The van der Waals surface area contributed by atoms with Crippen LogP contribution < -0.4 is 15.3 Å². The Bertz CT molecular complexity index is 1240. The average Bonchev–Trinajstić information content (AvgIpc) is 3.53. The molecule has 1 N–H and O–H groups in total. The smallest absolute Gasteiger partial charge is 0.328 e. The van der Waals surface area contributed by atoms with Crippen molar-refractivity contribution in [2.24, 2.45) is 11.0 Å². The molecule has 2 unspecified atom stereocenters. The predicted octanol–water partition coefficient (Wildman–Crippen LogP) is 3.87. The van der Waals surface area contributed by atoms with E-state index in [1.54, 1.807) is 30.2 Å². The Morgan fingerprint density at radius 2 is 2.11 bits per heavy atom. The molecule has 1 fully saturated rings. The van der Waals surface area contributed by atoms with E-state index >= 15 is 8.78 Å². The number of nitrogens with zero attached hydrogens (tertiary/aromatic N) is 10. The highest BCUT2D eigenvalue weighted by atomic mass is 19.3. The number of azide groups is 1. The van der Waals surface area contributed by atoms with Crippen LogP contribution in [0.1, 0.15) is 37.0 Å². The molecule has 0 amide bonds. The molecule has 0 aromatic carbocycles. The van der Waals surface area contributed by atoms with Crippen LogP contribution in [0.15, 0.2) is 33.5 Å². The van der Waals surface area contributed by atoms with E-state index in [2.05, 4.69) is 35.7 Å². The zero-order valence-electron chi connectivity index (χ0n) is 19.6. The molecule has 35 heavy (non-hydrogen) atoms. The standard InChI is InChI=1S/C21H25F2N11O/c1-12-5-4-6-14(9-12)21(22,23)20-25-18(33-8-7-15(10-33)27-31-24)17-19(26-20)34(32(3)28-17)11-16-13(2)29-35-30-16/h4-6,12,15,28H,7-11H2,1-3H3. The molecular formula is C21H25F2N11O. The van der Waals surface area contributed by atoms with Gasteiger partial charge in [-0.3, -0.25) is 10.4 Å². The number of hydrazine groups is 2. The Morgan fingerprint density at radius 1 is 1.31 bits per heavy atom. The third-order valence-electron chi connectivity index (χ3n) is 6.44. The van der Waals surface area contributed by atoms with E-state index in [1.165, 1.54) is 6.08 Å². The van der Waals surface area contributed by atoms with Crippen LogP contribution in [-0.4, -0.2) is 51.6 Å². The maximum absolute atomic E-state index is 15.8. The van der Waals surface area contributed by atoms with Gasteiger partial charge in [-0.1, -0.05) is 40.6 Å². The number of halogens is 2. The van der Waals surface area contributed by atoms with Crippen LogP contribution in [0.3, 0.4) is 0 Å². The van der Waals surface area contributed by atoms with Crippen molar-refractivity contribution in [3.63, 3.8) is 0 Å². The molecule has 0 radical (unpaired) electrons. The highest BCUT2D eigenvalue weighted by Crippen LogP contribution is 2.45. The number of alkyl halides is 2. The van der Waals surface area contributed by atoms with Crippen LogP contribution >= 0.6 is 0 Å². The third-order valence-corrected chi connectivity index (χ3v) is 6.44. The predicted molar refractivity (Wildman–Crippen MR) is 123 cm³/mol. The normalized spacial score (nSPS) is 22.1. The second-order valence-corrected chi connectivity index (χ2v) is 8.98. The van der Waals surface area contributed by atoms with E-state index < -0.39 is 11.7 Å². The van der Waals surface area contributed by atoms with Gasteiger partial charge >= 0.3 is 5.92 Å². The van der Waals surface area contributed by atoms with Crippen molar-refractivity contribution in [1.29, 1.82) is 0 Å². The summed E-state index contributed by atoms with van der Waals surface area (Å²) in [6, 6.07) is -0.263. The molecule has 0 saturated carbocycles. The van der Waals surface area contributed by atoms with Crippen molar-refractivity contribution in [2.75, 3.05) is 35.5 Å². The number of nitrogens with one attached hydrogen (secondary N) is 1. The minimum atomic E-state index is -3.37. The SMILES string of the molecule is Cc1nonc1CN1c2nc(C(F)(F)C3=CC=CC(C)C3)nc(N3CCC(N=[N+]=[N-])C3)c2NN1C. The zero-order chi connectivity index (χ0) is 24.7. The number of hydrogen-bond acceptors (Lipinski definition) is 10. The van der Waals surface area contributed by atoms with Gasteiger partial charge in [0.1, 0.15) is 17.1 Å². The first-order valence-corrected chi connectivity index (χ1v) is 11.3. The maximum atomic E-state index is 15.8. The highest BCUT2D eigenvalue weighted by molar-refractivity contribution is 5.81. The van der Waals surface area contributed by atoms with Gasteiger partial charge < -0.3 is 4.90 Å². The lowest BCUT2D eigenvalue weighted by atomic mass is 9.91. The summed E-state index contributed by atoms with van der Waals surface area (Å²) in [5.74, 6) is -3.33. The van der Waals surface area contributed by atoms with Gasteiger partial charge in [0.15, 0.2) is 11.6 Å². The lowest BCUT2D eigenvalue weighted by Crippen LogP contribution is -2.38. The highest BCUT2D eigenvalue weighted by Gasteiger charge is 2.44. The Hall–Kier alpha value is -3.77. The molecule has 184 valence electrons. The average molecular weight is 486 g/mol. The third kappa shape index (κ3) is 4.15. The van der Waals surface area contributed by atoms with E-state index in [-0.39, 0.29) is 30.5 Å². The number of anilines is 3. The number of rotatable bonds is 6. The second-order valence-electron chi connectivity index (χ2n) is 8.98. The minimum absolute atomic E-state index is 0.00936. The molecule has 1 saturated heterocycles. The van der Waals surface area contributed by atoms with E-state index in [0.29, 0.717) is 48.2 Å². The first kappa shape index (κ1) is 23.0. The van der Waals surface area contributed by atoms with Crippen molar-refractivity contribution in [1.82, 2.24) is 25.4 Å². The van der Waals surface area contributed by atoms with Gasteiger partial charge in [-0.25, -0.2) is 14.6 Å². The first-order chi connectivity index (χ1) is 16.8. The Balaban J connectivity index is 1.60. The summed E-state index contributed by atoms with van der Waals surface area (Å²) in [5.41, 5.74) is 13.6. The molecule has 14 heteroatoms. The van der Waals surface area contributed by atoms with Crippen LogP contribution in [0.4, 0.5) is 26.1 Å². The summed E-state index contributed by atoms with van der Waals surface area (Å²) >= 11 is 0. The quantitative estimate of drug-likeness (QED) is 0.367. The van der Waals surface area contributed by atoms with Crippen molar-refractivity contribution in [3.8, 4) is 0 Å². The fraction of sp³-hybridized carbons (Fsp3) is 0.524. The molecule has 12 nitrogen and oxygen atoms in total. The van der Waals surface area contributed by atoms with Crippen molar-refractivity contribution < 1.29 is 13.4 Å². The van der Waals surface area contributed by atoms with Gasteiger partial charge in [0.2, 0.25) is 5.82 Å². The Kier molecular flexibility index (Phi) is 5.77. The van der Waals surface area contributed by atoms with E-state index in [1.807, 2.05) is 17.9 Å². The Labute approximate surface area is 199 Å². The zero-order valence-corrected chi connectivity index (χ0v) is 19.6. The van der Waals surface area contributed by atoms with E-state index in [0.717, 1.165) is 0 Å². The maximum Gasteiger partial charge on any atom is 0.328 e. The Morgan fingerprint density at radius 3 is 2.83 bits per heavy atom. The second kappa shape index (κ2) is 8.78. The van der Waals surface area contributed by atoms with Crippen LogP contribution in [0.2, 0.25) is 0 Å². The summed E-state index contributed by atoms with van der Waals surface area (Å²) in [7, 11) is 1.75. The van der Waals surface area contributed by atoms with E-state index in [9.17, 15) is 0 Å². The van der Waals surface area contributed by atoms with Gasteiger partial charge in [-0.2, -0.15) is 8.78 Å². The van der Waals surface area contributed by atoms with Crippen LogP contribution in [0, 0.1) is 12.8 Å². The van der Waals surface area contributed by atoms with Crippen LogP contribution in [0.25, 0.3) is 10.4 Å². The number of allylic oxidation sites excluding steroid dienone is 4. The van der Waals surface area contributed by atoms with Crippen molar-refractivity contribution in [3.05, 3.63) is 51.5 Å². The molecule has 2 aliphatic heterocycles. The summed E-state index contributed by atoms with van der Waals surface area (Å²) in [4.78, 5) is 13.5. The number of fused-ring (bicyclic) bond motifs is 1. The van der Waals surface area contributed by atoms with Gasteiger partial charge in [0.05, 0.1) is 12.6 Å². The van der Waals surface area contributed by atoms with E-state index in [4.69, 9.17) is 10.2 Å². The molecule has 5 rings (SSSR count). The van der Waals surface area contributed by atoms with Crippen molar-refractivity contribution >= 4 is 17.3 Å². The number of aromatic nitrogens is 4. The summed E-state index contributed by atoms with van der Waals surface area (Å²) in [6.07, 6.45) is 5.80. The molecule has 1 aliphatic carbocycles. The number of aryl methyl sites for hydroxylation is 1. The molecule has 0 spiro atoms. The van der Waals surface area contributed by atoms with Gasteiger partial charge in [0.25, 0.3) is 0 Å². The molecule has 0 bridgehead atoms. The van der Waals surface area contributed by atoms with Crippen molar-refractivity contribution in [2.45, 2.75) is 45.2 Å². The minimum Gasteiger partial charge on any atom is -0.354 e. The van der Waals surface area contributed by atoms with Gasteiger partial charge in [0, 0.05) is 30.6 Å². The lowest BCUT2D eigenvalue weighted by molar-refractivity contribution is 0.0229. The fourth-order valence-electron chi connectivity index (χ4n) is 4.50. The topological polar surface area (TPSA) is 135 Å². The van der Waals surface area contributed by atoms with Gasteiger partial charge in [-0.15, -0.1) is 5.12 Å². The fourth-order valence-corrected chi connectivity index (χ4v) is 4.50. The first-order valence-electron chi connectivity index (χ1n) is 11.3. The summed E-state index contributed by atoms with van der Waals surface area (Å²) in [6.45, 7) is 4.74. The molecule has 4 heterocycles. The molecule has 2 aromatic heterocycles. The molecular weight excluding hydrogens is 460 g/mol.